The first-order valence-corrected chi connectivity index (χ1v) is 10.5. The van der Waals surface area contributed by atoms with Crippen molar-refractivity contribution in [1.29, 1.82) is 0 Å². The Hall–Kier alpha value is -3.21. The second-order valence-corrected chi connectivity index (χ2v) is 8.20. The molecule has 3 atom stereocenters. The molecule has 3 aromatic carbocycles. The molecule has 0 saturated heterocycles. The molecule has 1 aromatic heterocycles. The van der Waals surface area contributed by atoms with Gasteiger partial charge in [-0.1, -0.05) is 54.6 Å². The number of pyridine rings is 1. The summed E-state index contributed by atoms with van der Waals surface area (Å²) in [5.41, 5.74) is 4.67. The van der Waals surface area contributed by atoms with Gasteiger partial charge in [-0.15, -0.1) is 0 Å². The van der Waals surface area contributed by atoms with E-state index in [0.29, 0.717) is 12.2 Å². The molecule has 2 heterocycles. The van der Waals surface area contributed by atoms with E-state index < -0.39 is 11.9 Å². The van der Waals surface area contributed by atoms with E-state index in [1.54, 1.807) is 7.11 Å². The molecule has 0 radical (unpaired) electrons. The Balaban J connectivity index is 1.54. The number of rotatable bonds is 4. The molecule has 1 N–H and O–H groups in total. The van der Waals surface area contributed by atoms with Crippen LogP contribution in [0.15, 0.2) is 84.9 Å². The van der Waals surface area contributed by atoms with Crippen LogP contribution in [0.3, 0.4) is 0 Å². The summed E-state index contributed by atoms with van der Waals surface area (Å²) in [5.74, 6) is -0.539. The summed E-state index contributed by atoms with van der Waals surface area (Å²) in [7, 11) is 1.63. The first-order valence-electron chi connectivity index (χ1n) is 10.5. The highest BCUT2D eigenvalue weighted by atomic mass is 16.7. The fourth-order valence-electron chi connectivity index (χ4n) is 4.41. The first kappa shape index (κ1) is 19.7. The van der Waals surface area contributed by atoms with Gasteiger partial charge in [0, 0.05) is 30.5 Å². The van der Waals surface area contributed by atoms with Gasteiger partial charge in [0.1, 0.15) is 5.75 Å². The van der Waals surface area contributed by atoms with Gasteiger partial charge in [0.15, 0.2) is 0 Å². The number of hydrogen-bond donors (Lipinski definition) is 1. The van der Waals surface area contributed by atoms with Crippen molar-refractivity contribution in [1.82, 2.24) is 4.98 Å². The van der Waals surface area contributed by atoms with Crippen LogP contribution >= 0.6 is 0 Å². The highest BCUT2D eigenvalue weighted by molar-refractivity contribution is 5.81. The van der Waals surface area contributed by atoms with Crippen LogP contribution in [0.2, 0.25) is 0 Å². The molecule has 0 spiro atoms. The molecule has 0 saturated carbocycles. The predicted molar refractivity (Wildman–Crippen MR) is 122 cm³/mol. The van der Waals surface area contributed by atoms with Gasteiger partial charge in [0.2, 0.25) is 5.79 Å². The van der Waals surface area contributed by atoms with Crippen molar-refractivity contribution in [2.24, 2.45) is 5.92 Å². The average Bonchev–Trinajstić information content (AvgIpc) is 2.82. The fraction of sp³-hybridized carbons (Fsp3) is 0.222. The largest absolute Gasteiger partial charge is 0.462 e. The minimum Gasteiger partial charge on any atom is -0.462 e. The smallest absolute Gasteiger partial charge is 0.213 e. The zero-order valence-corrected chi connectivity index (χ0v) is 17.7. The van der Waals surface area contributed by atoms with E-state index in [9.17, 15) is 5.11 Å². The van der Waals surface area contributed by atoms with Gasteiger partial charge in [-0.25, -0.2) is 4.98 Å². The third kappa shape index (κ3) is 3.58. The molecule has 156 valence electrons. The molecule has 1 aliphatic heterocycles. The number of benzene rings is 3. The molecule has 1 aliphatic rings. The van der Waals surface area contributed by atoms with Gasteiger partial charge in [-0.2, -0.15) is 0 Å². The summed E-state index contributed by atoms with van der Waals surface area (Å²) in [6.45, 7) is 1.89. The monoisotopic (exact) mass is 411 g/mol. The number of methoxy groups -OCH3 is 1. The Kier molecular flexibility index (Phi) is 4.97. The summed E-state index contributed by atoms with van der Waals surface area (Å²) in [6, 6.07) is 28.2. The second-order valence-electron chi connectivity index (χ2n) is 8.20. The molecule has 4 nitrogen and oxygen atoms in total. The van der Waals surface area contributed by atoms with Gasteiger partial charge in [-0.3, -0.25) is 0 Å². The molecule has 31 heavy (non-hydrogen) atoms. The summed E-state index contributed by atoms with van der Waals surface area (Å²) in [5, 5.41) is 12.5. The van der Waals surface area contributed by atoms with Crippen molar-refractivity contribution in [3.05, 3.63) is 96.1 Å². The Morgan fingerprint density at radius 3 is 2.55 bits per heavy atom. The molecule has 4 heteroatoms. The predicted octanol–water partition coefficient (Wildman–Crippen LogP) is 5.55. The SMILES string of the molecule is COC1(C)Oc2ccc(-c3ccc4ccccc4n3)cc2C(O)C1Cc1ccccc1. The van der Waals surface area contributed by atoms with Gasteiger partial charge >= 0.3 is 0 Å². The number of nitrogens with zero attached hydrogens (tertiary/aromatic N) is 1. The molecule has 4 aromatic rings. The van der Waals surface area contributed by atoms with E-state index in [-0.39, 0.29) is 5.92 Å². The molecule has 3 unspecified atom stereocenters. The Morgan fingerprint density at radius 2 is 1.74 bits per heavy atom. The standard InChI is InChI=1S/C27H25NO3/c1-27(30-2)22(16-18-8-4-3-5-9-18)26(29)21-17-20(13-15-25(21)31-27)24-14-12-19-10-6-7-11-23(19)28-24/h3-15,17,22,26,29H,16H2,1-2H3. The Labute approximate surface area is 182 Å². The number of aliphatic hydroxyl groups excluding tert-OH is 1. The minimum atomic E-state index is -0.926. The Bertz CT molecular complexity index is 1220. The van der Waals surface area contributed by atoms with Crippen LogP contribution in [0, 0.1) is 5.92 Å². The number of hydrogen-bond acceptors (Lipinski definition) is 4. The Morgan fingerprint density at radius 1 is 0.968 bits per heavy atom. The van der Waals surface area contributed by atoms with Crippen LogP contribution in [-0.4, -0.2) is 23.0 Å². The molecular formula is C27H25NO3. The van der Waals surface area contributed by atoms with E-state index in [1.165, 1.54) is 0 Å². The number of aliphatic hydroxyl groups is 1. The fourth-order valence-corrected chi connectivity index (χ4v) is 4.41. The van der Waals surface area contributed by atoms with Crippen LogP contribution in [0.5, 0.6) is 5.75 Å². The van der Waals surface area contributed by atoms with Gasteiger partial charge in [0.25, 0.3) is 0 Å². The maximum Gasteiger partial charge on any atom is 0.213 e. The number of fused-ring (bicyclic) bond motifs is 2. The summed E-state index contributed by atoms with van der Waals surface area (Å²) in [4.78, 5) is 4.80. The van der Waals surface area contributed by atoms with Crippen LogP contribution < -0.4 is 4.74 Å². The van der Waals surface area contributed by atoms with Gasteiger partial charge in [0.05, 0.1) is 23.2 Å². The summed E-state index contributed by atoms with van der Waals surface area (Å²) < 4.78 is 12.0. The van der Waals surface area contributed by atoms with Crippen LogP contribution in [0.1, 0.15) is 24.2 Å². The van der Waals surface area contributed by atoms with Crippen molar-refractivity contribution >= 4 is 10.9 Å². The van der Waals surface area contributed by atoms with E-state index in [4.69, 9.17) is 14.5 Å². The number of para-hydroxylation sites is 1. The molecule has 0 amide bonds. The van der Waals surface area contributed by atoms with Crippen molar-refractivity contribution in [2.75, 3.05) is 7.11 Å². The number of ether oxygens (including phenoxy) is 2. The first-order chi connectivity index (χ1) is 15.1. The zero-order valence-electron chi connectivity index (χ0n) is 17.7. The van der Waals surface area contributed by atoms with Crippen molar-refractivity contribution in [2.45, 2.75) is 25.2 Å². The highest BCUT2D eigenvalue weighted by Gasteiger charge is 2.46. The lowest BCUT2D eigenvalue weighted by atomic mass is 9.81. The van der Waals surface area contributed by atoms with Crippen LogP contribution in [0.4, 0.5) is 0 Å². The van der Waals surface area contributed by atoms with E-state index in [1.807, 2.05) is 67.6 Å². The normalized spacial score (nSPS) is 22.7. The lowest BCUT2D eigenvalue weighted by Crippen LogP contribution is -2.49. The maximum atomic E-state index is 11.4. The van der Waals surface area contributed by atoms with Crippen molar-refractivity contribution in [3.63, 3.8) is 0 Å². The van der Waals surface area contributed by atoms with Crippen LogP contribution in [0.25, 0.3) is 22.2 Å². The second kappa shape index (κ2) is 7.80. The van der Waals surface area contributed by atoms with Gasteiger partial charge in [-0.05, 0) is 42.3 Å². The molecule has 0 fully saturated rings. The minimum absolute atomic E-state index is 0.257. The lowest BCUT2D eigenvalue weighted by Gasteiger charge is -2.44. The quantitative estimate of drug-likeness (QED) is 0.478. The van der Waals surface area contributed by atoms with Crippen molar-refractivity contribution < 1.29 is 14.6 Å². The van der Waals surface area contributed by atoms with Gasteiger partial charge < -0.3 is 14.6 Å². The van der Waals surface area contributed by atoms with Crippen molar-refractivity contribution in [3.8, 4) is 17.0 Å². The number of aromatic nitrogens is 1. The third-order valence-electron chi connectivity index (χ3n) is 6.29. The molecular weight excluding hydrogens is 386 g/mol. The molecule has 0 bridgehead atoms. The van der Waals surface area contributed by atoms with E-state index in [2.05, 4.69) is 24.3 Å². The van der Waals surface area contributed by atoms with E-state index >= 15 is 0 Å². The van der Waals surface area contributed by atoms with Crippen LogP contribution in [-0.2, 0) is 11.2 Å². The molecule has 5 rings (SSSR count). The topological polar surface area (TPSA) is 51.6 Å². The third-order valence-corrected chi connectivity index (χ3v) is 6.29. The summed E-state index contributed by atoms with van der Waals surface area (Å²) in [6.07, 6.45) is -0.0844. The van der Waals surface area contributed by atoms with E-state index in [0.717, 1.165) is 33.3 Å². The zero-order chi connectivity index (χ0) is 21.4. The maximum absolute atomic E-state index is 11.4. The lowest BCUT2D eigenvalue weighted by molar-refractivity contribution is -0.221. The molecule has 0 aliphatic carbocycles. The highest BCUT2D eigenvalue weighted by Crippen LogP contribution is 2.46. The summed E-state index contributed by atoms with van der Waals surface area (Å²) >= 11 is 0. The average molecular weight is 412 g/mol.